The summed E-state index contributed by atoms with van der Waals surface area (Å²) in [5.74, 6) is 3.05. The minimum absolute atomic E-state index is 0.154. The van der Waals surface area contributed by atoms with E-state index in [1.807, 2.05) is 0 Å². The van der Waals surface area contributed by atoms with Gasteiger partial charge in [-0.25, -0.2) is 0 Å². The lowest BCUT2D eigenvalue weighted by Gasteiger charge is -2.40. The van der Waals surface area contributed by atoms with Crippen LogP contribution in [0, 0.1) is 34.5 Å². The third kappa shape index (κ3) is 2.64. The van der Waals surface area contributed by atoms with Gasteiger partial charge in [-0.3, -0.25) is 0 Å². The van der Waals surface area contributed by atoms with Gasteiger partial charge in [-0.05, 0) is 66.6 Å². The predicted octanol–water partition coefficient (Wildman–Crippen LogP) is 5.84. The summed E-state index contributed by atoms with van der Waals surface area (Å²) >= 11 is 0. The first-order valence-electron chi connectivity index (χ1n) is 10.8. The van der Waals surface area contributed by atoms with Crippen LogP contribution in [0.15, 0.2) is 0 Å². The first-order chi connectivity index (χ1) is 11.4. The van der Waals surface area contributed by atoms with E-state index in [0.717, 1.165) is 23.7 Å². The van der Waals surface area contributed by atoms with Crippen LogP contribution in [0.25, 0.3) is 0 Å². The Morgan fingerprint density at radius 2 is 1.08 bits per heavy atom. The molecule has 25 heavy (non-hydrogen) atoms. The number of rotatable bonds is 2. The Balaban J connectivity index is 1.50. The van der Waals surface area contributed by atoms with E-state index in [0.29, 0.717) is 12.2 Å². The molecule has 0 N–H and O–H groups in total. The normalized spacial score (nSPS) is 52.3. The Bertz CT molecular complexity index is 493. The van der Waals surface area contributed by atoms with Crippen LogP contribution < -0.4 is 0 Å². The van der Waals surface area contributed by atoms with Crippen molar-refractivity contribution in [3.63, 3.8) is 0 Å². The van der Waals surface area contributed by atoms with Gasteiger partial charge < -0.3 is 9.47 Å². The average Bonchev–Trinajstić information content (AvgIpc) is 3.28. The van der Waals surface area contributed by atoms with E-state index in [-0.39, 0.29) is 22.0 Å². The molecule has 2 aliphatic carbocycles. The highest BCUT2D eigenvalue weighted by Crippen LogP contribution is 2.65. The van der Waals surface area contributed by atoms with Gasteiger partial charge in [0.15, 0.2) is 0 Å². The van der Waals surface area contributed by atoms with Crippen molar-refractivity contribution in [3.05, 3.63) is 0 Å². The lowest BCUT2D eigenvalue weighted by molar-refractivity contribution is 0.112. The summed E-state index contributed by atoms with van der Waals surface area (Å²) in [5.41, 5.74) is 0.827. The predicted molar refractivity (Wildman–Crippen MR) is 103 cm³/mol. The second kappa shape index (κ2) is 5.25. The maximum Gasteiger partial charge on any atom is 0.100 e. The third-order valence-corrected chi connectivity index (χ3v) is 8.19. The molecule has 0 bridgehead atoms. The van der Waals surface area contributed by atoms with E-state index < -0.39 is 0 Å². The van der Waals surface area contributed by atoms with E-state index in [9.17, 15) is 0 Å². The fraction of sp³-hybridized carbons (Fsp3) is 1.00. The lowest BCUT2D eigenvalue weighted by atomic mass is 9.61. The average molecular weight is 349 g/mol. The zero-order valence-electron chi connectivity index (χ0n) is 17.8. The van der Waals surface area contributed by atoms with Crippen molar-refractivity contribution in [2.45, 2.75) is 111 Å². The zero-order chi connectivity index (χ0) is 18.4. The van der Waals surface area contributed by atoms with Crippen LogP contribution in [-0.2, 0) is 9.47 Å². The molecule has 0 amide bonds. The molecule has 144 valence electrons. The fourth-order valence-electron chi connectivity index (χ4n) is 6.80. The van der Waals surface area contributed by atoms with Crippen molar-refractivity contribution < 1.29 is 9.47 Å². The van der Waals surface area contributed by atoms with E-state index in [4.69, 9.17) is 9.47 Å². The van der Waals surface area contributed by atoms with Gasteiger partial charge in [-0.1, -0.05) is 55.4 Å². The molecule has 0 radical (unpaired) electrons. The Morgan fingerprint density at radius 1 is 0.720 bits per heavy atom. The Labute approximate surface area is 155 Å². The molecule has 2 aliphatic heterocycles. The van der Waals surface area contributed by atoms with Crippen LogP contribution in [0.2, 0.25) is 0 Å². The van der Waals surface area contributed by atoms with Crippen molar-refractivity contribution in [3.8, 4) is 0 Å². The minimum Gasteiger partial charge on any atom is -0.365 e. The van der Waals surface area contributed by atoms with Crippen molar-refractivity contribution in [2.75, 3.05) is 0 Å². The topological polar surface area (TPSA) is 25.1 Å². The molecule has 0 aromatic heterocycles. The van der Waals surface area contributed by atoms with E-state index in [1.54, 1.807) is 0 Å². The summed E-state index contributed by atoms with van der Waals surface area (Å²) in [7, 11) is 0. The molecule has 0 spiro atoms. The van der Waals surface area contributed by atoms with Gasteiger partial charge >= 0.3 is 0 Å². The Morgan fingerprint density at radius 3 is 1.40 bits per heavy atom. The summed E-state index contributed by atoms with van der Waals surface area (Å²) in [4.78, 5) is 0. The molecule has 2 heteroatoms. The second-order valence-corrected chi connectivity index (χ2v) is 12.2. The molecule has 8 atom stereocenters. The van der Waals surface area contributed by atoms with Gasteiger partial charge in [-0.2, -0.15) is 0 Å². The molecule has 2 heterocycles. The molecule has 0 aromatic carbocycles. The first-order valence-corrected chi connectivity index (χ1v) is 10.8. The highest BCUT2D eigenvalue weighted by atomic mass is 16.6. The largest absolute Gasteiger partial charge is 0.365 e. The molecule has 4 rings (SSSR count). The number of hydrogen-bond donors (Lipinski definition) is 0. The van der Waals surface area contributed by atoms with Gasteiger partial charge in [0.05, 0.1) is 12.2 Å². The molecule has 2 saturated carbocycles. The highest BCUT2D eigenvalue weighted by Gasteiger charge is 2.71. The molecule has 4 fully saturated rings. The lowest BCUT2D eigenvalue weighted by Crippen LogP contribution is -2.43. The molecule has 2 nitrogen and oxygen atoms in total. The van der Waals surface area contributed by atoms with E-state index in [2.05, 4.69) is 55.4 Å². The van der Waals surface area contributed by atoms with Crippen LogP contribution in [0.5, 0.6) is 0 Å². The number of ether oxygens (including phenoxy) is 2. The maximum atomic E-state index is 6.48. The van der Waals surface area contributed by atoms with Crippen molar-refractivity contribution in [1.82, 2.24) is 0 Å². The number of epoxide rings is 2. The molecule has 0 aromatic rings. The van der Waals surface area contributed by atoms with Gasteiger partial charge in [0.1, 0.15) is 11.2 Å². The number of hydrogen-bond acceptors (Lipinski definition) is 2. The Hall–Kier alpha value is -0.0800. The van der Waals surface area contributed by atoms with Crippen molar-refractivity contribution in [1.29, 1.82) is 0 Å². The summed E-state index contributed by atoms with van der Waals surface area (Å²) < 4.78 is 13.0. The van der Waals surface area contributed by atoms with Gasteiger partial charge in [0.2, 0.25) is 0 Å². The van der Waals surface area contributed by atoms with Crippen LogP contribution in [0.1, 0.15) is 87.5 Å². The molecule has 2 saturated heterocycles. The van der Waals surface area contributed by atoms with E-state index in [1.165, 1.54) is 32.1 Å². The summed E-state index contributed by atoms with van der Waals surface area (Å²) in [6.45, 7) is 19.1. The standard InChI is InChI=1S/C23H40O2/c1-14-9-16(18-22(12-14,24-18)20(3,4)5)11-17-10-15(2)13-23(19(17)25-23)21(6,7)8/h14-19H,9-13H2,1-8H3. The molecular weight excluding hydrogens is 308 g/mol. The molecule has 4 aliphatic rings. The van der Waals surface area contributed by atoms with Crippen LogP contribution in [-0.4, -0.2) is 23.4 Å². The van der Waals surface area contributed by atoms with Gasteiger partial charge in [0, 0.05) is 0 Å². The fourth-order valence-corrected chi connectivity index (χ4v) is 6.80. The smallest absolute Gasteiger partial charge is 0.100 e. The van der Waals surface area contributed by atoms with Gasteiger partial charge in [-0.15, -0.1) is 0 Å². The molecular formula is C23H40O2. The monoisotopic (exact) mass is 348 g/mol. The second-order valence-electron chi connectivity index (χ2n) is 12.2. The maximum absolute atomic E-state index is 6.48. The van der Waals surface area contributed by atoms with Crippen LogP contribution in [0.4, 0.5) is 0 Å². The van der Waals surface area contributed by atoms with E-state index >= 15 is 0 Å². The van der Waals surface area contributed by atoms with Crippen molar-refractivity contribution in [2.24, 2.45) is 34.5 Å². The SMILES string of the molecule is CC1CC(CC2CC(C)CC3(C(C)(C)C)OC23)C2OC2(C(C)(C)C)C1. The zero-order valence-corrected chi connectivity index (χ0v) is 17.8. The van der Waals surface area contributed by atoms with Crippen molar-refractivity contribution >= 4 is 0 Å². The van der Waals surface area contributed by atoms with Gasteiger partial charge in [0.25, 0.3) is 0 Å². The third-order valence-electron chi connectivity index (χ3n) is 8.19. The highest BCUT2D eigenvalue weighted by molar-refractivity contribution is 5.18. The quantitative estimate of drug-likeness (QED) is 0.586. The number of fused-ring (bicyclic) bond motifs is 2. The Kier molecular flexibility index (Phi) is 3.84. The summed E-state index contributed by atoms with van der Waals surface area (Å²) in [6.07, 6.45) is 7.53. The minimum atomic E-state index is 0.154. The summed E-state index contributed by atoms with van der Waals surface area (Å²) in [5, 5.41) is 0. The summed E-state index contributed by atoms with van der Waals surface area (Å²) in [6, 6.07) is 0. The first kappa shape index (κ1) is 18.3. The van der Waals surface area contributed by atoms with Crippen LogP contribution in [0.3, 0.4) is 0 Å². The molecule has 8 unspecified atom stereocenters. The van der Waals surface area contributed by atoms with Crippen LogP contribution >= 0.6 is 0 Å².